The first-order valence-corrected chi connectivity index (χ1v) is 6.89. The summed E-state index contributed by atoms with van der Waals surface area (Å²) < 4.78 is 5.05. The molecule has 22 heavy (non-hydrogen) atoms. The van der Waals surface area contributed by atoms with Gasteiger partial charge in [0.05, 0.1) is 6.26 Å². The molecule has 0 radical (unpaired) electrons. The molecule has 1 aromatic carbocycles. The highest BCUT2D eigenvalue weighted by atomic mass is 16.3. The van der Waals surface area contributed by atoms with Crippen LogP contribution in [0.1, 0.15) is 16.1 Å². The summed E-state index contributed by atoms with van der Waals surface area (Å²) >= 11 is 0. The Hall–Kier alpha value is -3.08. The molecule has 0 unspecified atom stereocenters. The van der Waals surface area contributed by atoms with Crippen molar-refractivity contribution in [2.24, 2.45) is 0 Å². The zero-order chi connectivity index (χ0) is 15.2. The van der Waals surface area contributed by atoms with Crippen LogP contribution in [0.5, 0.6) is 0 Å². The summed E-state index contributed by atoms with van der Waals surface area (Å²) in [6.45, 7) is 0.723. The number of nitrogens with one attached hydrogen (secondary N) is 2. The van der Waals surface area contributed by atoms with E-state index >= 15 is 0 Å². The highest BCUT2D eigenvalue weighted by molar-refractivity contribution is 6.02. The van der Waals surface area contributed by atoms with Crippen molar-refractivity contribution in [1.29, 1.82) is 0 Å². The number of hydrogen-bond acceptors (Lipinski definition) is 4. The first kappa shape index (κ1) is 13.9. The Balaban J connectivity index is 1.57. The van der Waals surface area contributed by atoms with Crippen LogP contribution in [0.25, 0.3) is 0 Å². The van der Waals surface area contributed by atoms with E-state index in [1.807, 2.05) is 36.4 Å². The highest BCUT2D eigenvalue weighted by Crippen LogP contribution is 2.15. The molecule has 2 aromatic heterocycles. The van der Waals surface area contributed by atoms with Crippen LogP contribution in [0.4, 0.5) is 11.4 Å². The van der Waals surface area contributed by atoms with Crippen LogP contribution in [-0.4, -0.2) is 10.9 Å². The largest absolute Gasteiger partial charge is 0.459 e. The highest BCUT2D eigenvalue weighted by Gasteiger charge is 2.08. The number of aromatic nitrogens is 1. The van der Waals surface area contributed by atoms with Gasteiger partial charge in [-0.1, -0.05) is 0 Å². The lowest BCUT2D eigenvalue weighted by molar-refractivity contribution is 0.0996. The van der Waals surface area contributed by atoms with Gasteiger partial charge >= 0.3 is 0 Å². The standard InChI is InChI=1S/C17H15N3O2/c21-17(16-2-1-11-22-16)20-15-5-3-14(4-6-15)19-12-13-7-9-18-10-8-13/h1-11,19H,12H2,(H,20,21). The van der Waals surface area contributed by atoms with E-state index < -0.39 is 0 Å². The van der Waals surface area contributed by atoms with Gasteiger partial charge in [0.25, 0.3) is 5.91 Å². The summed E-state index contributed by atoms with van der Waals surface area (Å²) in [5, 5.41) is 6.09. The first-order valence-electron chi connectivity index (χ1n) is 6.89. The molecule has 2 N–H and O–H groups in total. The van der Waals surface area contributed by atoms with Crippen molar-refractivity contribution in [3.63, 3.8) is 0 Å². The van der Waals surface area contributed by atoms with E-state index in [0.717, 1.165) is 23.5 Å². The van der Waals surface area contributed by atoms with Crippen LogP contribution >= 0.6 is 0 Å². The second-order valence-corrected chi connectivity index (χ2v) is 4.72. The number of rotatable bonds is 5. The molecule has 5 heteroatoms. The maximum Gasteiger partial charge on any atom is 0.291 e. The molecule has 0 saturated carbocycles. The van der Waals surface area contributed by atoms with Crippen molar-refractivity contribution >= 4 is 17.3 Å². The van der Waals surface area contributed by atoms with Gasteiger partial charge in [0, 0.05) is 30.3 Å². The molecule has 110 valence electrons. The summed E-state index contributed by atoms with van der Waals surface area (Å²) in [5.74, 6) is 0.0300. The Kier molecular flexibility index (Phi) is 4.15. The van der Waals surface area contributed by atoms with Crippen molar-refractivity contribution in [3.05, 3.63) is 78.5 Å². The Morgan fingerprint density at radius 3 is 2.41 bits per heavy atom. The quantitative estimate of drug-likeness (QED) is 0.755. The number of pyridine rings is 1. The molecule has 1 amide bonds. The van der Waals surface area contributed by atoms with Crippen LogP contribution < -0.4 is 10.6 Å². The van der Waals surface area contributed by atoms with Gasteiger partial charge in [0.2, 0.25) is 0 Å². The maximum atomic E-state index is 11.8. The van der Waals surface area contributed by atoms with E-state index in [1.54, 1.807) is 24.5 Å². The first-order chi connectivity index (χ1) is 10.8. The third-order valence-corrected chi connectivity index (χ3v) is 3.13. The van der Waals surface area contributed by atoms with Crippen molar-refractivity contribution in [1.82, 2.24) is 4.98 Å². The number of carbonyl (C=O) groups is 1. The maximum absolute atomic E-state index is 11.8. The van der Waals surface area contributed by atoms with Crippen LogP contribution in [-0.2, 0) is 6.54 Å². The Morgan fingerprint density at radius 1 is 1.00 bits per heavy atom. The number of carbonyl (C=O) groups excluding carboxylic acids is 1. The molecular formula is C17H15N3O2. The van der Waals surface area contributed by atoms with Crippen LogP contribution in [0.3, 0.4) is 0 Å². The molecule has 0 fully saturated rings. The van der Waals surface area contributed by atoms with Gasteiger partial charge in [-0.05, 0) is 54.1 Å². The number of benzene rings is 1. The minimum atomic E-state index is -0.262. The smallest absolute Gasteiger partial charge is 0.291 e. The van der Waals surface area contributed by atoms with Gasteiger partial charge in [-0.2, -0.15) is 0 Å². The summed E-state index contributed by atoms with van der Waals surface area (Å²) in [6.07, 6.45) is 5.01. The molecule has 0 aliphatic rings. The van der Waals surface area contributed by atoms with E-state index in [4.69, 9.17) is 4.42 Å². The molecule has 2 heterocycles. The van der Waals surface area contributed by atoms with Crippen LogP contribution in [0.15, 0.2) is 71.6 Å². The number of amides is 1. The molecule has 0 spiro atoms. The monoisotopic (exact) mass is 293 g/mol. The van der Waals surface area contributed by atoms with E-state index in [9.17, 15) is 4.79 Å². The van der Waals surface area contributed by atoms with Crippen LogP contribution in [0, 0.1) is 0 Å². The fourth-order valence-electron chi connectivity index (χ4n) is 1.98. The lowest BCUT2D eigenvalue weighted by Crippen LogP contribution is -2.10. The summed E-state index contributed by atoms with van der Waals surface area (Å²) in [6, 6.07) is 14.8. The minimum Gasteiger partial charge on any atom is -0.459 e. The number of nitrogens with zero attached hydrogens (tertiary/aromatic N) is 1. The van der Waals surface area contributed by atoms with Gasteiger partial charge in [-0.25, -0.2) is 0 Å². The topological polar surface area (TPSA) is 67.2 Å². The second-order valence-electron chi connectivity index (χ2n) is 4.72. The molecule has 5 nitrogen and oxygen atoms in total. The van der Waals surface area contributed by atoms with Crippen LogP contribution in [0.2, 0.25) is 0 Å². The normalized spacial score (nSPS) is 10.2. The average Bonchev–Trinajstić information content (AvgIpc) is 3.10. The zero-order valence-corrected chi connectivity index (χ0v) is 11.8. The summed E-state index contributed by atoms with van der Waals surface area (Å²) in [4.78, 5) is 15.8. The Morgan fingerprint density at radius 2 is 1.73 bits per heavy atom. The third kappa shape index (κ3) is 3.52. The number of hydrogen-bond donors (Lipinski definition) is 2. The summed E-state index contributed by atoms with van der Waals surface area (Å²) in [7, 11) is 0. The fraction of sp³-hybridized carbons (Fsp3) is 0.0588. The molecule has 3 rings (SSSR count). The lowest BCUT2D eigenvalue weighted by Gasteiger charge is -2.08. The predicted molar refractivity (Wildman–Crippen MR) is 84.7 cm³/mol. The van der Waals surface area contributed by atoms with E-state index in [-0.39, 0.29) is 5.91 Å². The average molecular weight is 293 g/mol. The molecule has 0 bridgehead atoms. The number of furan rings is 1. The van der Waals surface area contributed by atoms with Gasteiger partial charge < -0.3 is 15.1 Å². The predicted octanol–water partition coefficient (Wildman–Crippen LogP) is 3.54. The van der Waals surface area contributed by atoms with E-state index in [1.165, 1.54) is 6.26 Å². The molecular weight excluding hydrogens is 278 g/mol. The van der Waals surface area contributed by atoms with E-state index in [2.05, 4.69) is 15.6 Å². The second kappa shape index (κ2) is 6.58. The molecule has 0 aliphatic carbocycles. The number of anilines is 2. The Bertz CT molecular complexity index is 722. The van der Waals surface area contributed by atoms with Crippen molar-refractivity contribution < 1.29 is 9.21 Å². The van der Waals surface area contributed by atoms with Gasteiger partial charge in [0.1, 0.15) is 0 Å². The zero-order valence-electron chi connectivity index (χ0n) is 11.8. The lowest BCUT2D eigenvalue weighted by atomic mass is 10.2. The minimum absolute atomic E-state index is 0.262. The van der Waals surface area contributed by atoms with E-state index in [0.29, 0.717) is 5.76 Å². The third-order valence-electron chi connectivity index (χ3n) is 3.13. The summed E-state index contributed by atoms with van der Waals surface area (Å²) in [5.41, 5.74) is 2.86. The van der Waals surface area contributed by atoms with Gasteiger partial charge in [-0.15, -0.1) is 0 Å². The molecule has 0 aliphatic heterocycles. The SMILES string of the molecule is O=C(Nc1ccc(NCc2ccncc2)cc1)c1ccco1. The van der Waals surface area contributed by atoms with Crippen molar-refractivity contribution in [2.45, 2.75) is 6.54 Å². The van der Waals surface area contributed by atoms with Gasteiger partial charge in [0.15, 0.2) is 5.76 Å². The molecule has 3 aromatic rings. The fourth-order valence-corrected chi connectivity index (χ4v) is 1.98. The van der Waals surface area contributed by atoms with Crippen molar-refractivity contribution in [3.8, 4) is 0 Å². The van der Waals surface area contributed by atoms with Gasteiger partial charge in [-0.3, -0.25) is 9.78 Å². The molecule has 0 atom stereocenters. The van der Waals surface area contributed by atoms with Crippen molar-refractivity contribution in [2.75, 3.05) is 10.6 Å². The Labute approximate surface area is 128 Å². The molecule has 0 saturated heterocycles.